The molecule has 5 nitrogen and oxygen atoms in total. The summed E-state index contributed by atoms with van der Waals surface area (Å²) in [4.78, 5) is 2.29. The molecule has 0 aliphatic heterocycles. The van der Waals surface area contributed by atoms with Crippen LogP contribution < -0.4 is 5.32 Å². The quantitative estimate of drug-likeness (QED) is 0.531. The average Bonchev–Trinajstić information content (AvgIpc) is 2.37. The summed E-state index contributed by atoms with van der Waals surface area (Å²) in [7, 11) is 0. The van der Waals surface area contributed by atoms with Crippen LogP contribution in [0.1, 0.15) is 25.5 Å². The fourth-order valence-corrected chi connectivity index (χ4v) is 1.94. The molecule has 1 aromatic carbocycles. The van der Waals surface area contributed by atoms with Crippen molar-refractivity contribution >= 4 is 0 Å². The van der Waals surface area contributed by atoms with Crippen molar-refractivity contribution in [2.45, 2.75) is 20.0 Å². The Hall–Kier alpha value is -1.30. The molecule has 0 heterocycles. The minimum absolute atomic E-state index is 0.0443. The van der Waals surface area contributed by atoms with Crippen molar-refractivity contribution in [2.24, 2.45) is 0 Å². The maximum absolute atomic E-state index is 9.95. The first-order valence-corrected chi connectivity index (χ1v) is 6.70. The van der Waals surface area contributed by atoms with Gasteiger partial charge in [0.15, 0.2) is 0 Å². The maximum Gasteiger partial charge on any atom is 0.119 e. The van der Waals surface area contributed by atoms with Crippen LogP contribution in [0.15, 0.2) is 18.2 Å². The molecule has 0 aliphatic rings. The summed E-state index contributed by atoms with van der Waals surface area (Å²) in [6.07, 6.45) is -0.741. The third-order valence-electron chi connectivity index (χ3n) is 3.15. The van der Waals surface area contributed by atoms with E-state index in [0.29, 0.717) is 12.1 Å². The van der Waals surface area contributed by atoms with Gasteiger partial charge in [0, 0.05) is 25.7 Å². The van der Waals surface area contributed by atoms with Crippen LogP contribution in [0.2, 0.25) is 0 Å². The lowest BCUT2D eigenvalue weighted by molar-refractivity contribution is 0.171. The van der Waals surface area contributed by atoms with Crippen molar-refractivity contribution in [3.63, 3.8) is 0 Å². The van der Waals surface area contributed by atoms with Crippen LogP contribution in [0.3, 0.4) is 0 Å². The van der Waals surface area contributed by atoms with Gasteiger partial charge in [-0.2, -0.15) is 0 Å². The highest BCUT2D eigenvalue weighted by Crippen LogP contribution is 2.24. The highest BCUT2D eigenvalue weighted by molar-refractivity contribution is 5.37. The van der Waals surface area contributed by atoms with Crippen molar-refractivity contribution in [1.82, 2.24) is 10.2 Å². The normalized spacial score (nSPS) is 12.8. The van der Waals surface area contributed by atoms with Gasteiger partial charge in [-0.3, -0.25) is 0 Å². The largest absolute Gasteiger partial charge is 0.508 e. The Bertz CT molecular complexity index is 361. The lowest BCUT2D eigenvalue weighted by Gasteiger charge is -2.19. The average molecular weight is 268 g/mol. The van der Waals surface area contributed by atoms with E-state index in [9.17, 15) is 15.3 Å². The van der Waals surface area contributed by atoms with Gasteiger partial charge < -0.3 is 25.5 Å². The zero-order valence-corrected chi connectivity index (χ0v) is 11.6. The number of hydrogen-bond donors (Lipinski definition) is 4. The van der Waals surface area contributed by atoms with E-state index in [-0.39, 0.29) is 11.5 Å². The number of aliphatic hydroxyl groups is 1. The second kappa shape index (κ2) is 7.99. The first kappa shape index (κ1) is 15.8. The van der Waals surface area contributed by atoms with Crippen molar-refractivity contribution in [3.8, 4) is 11.5 Å². The topological polar surface area (TPSA) is 76.0 Å². The summed E-state index contributed by atoms with van der Waals surface area (Å²) in [5.41, 5.74) is 0.507. The van der Waals surface area contributed by atoms with Crippen LogP contribution in [-0.4, -0.2) is 52.9 Å². The van der Waals surface area contributed by atoms with E-state index in [1.54, 1.807) is 0 Å². The highest BCUT2D eigenvalue weighted by atomic mass is 16.3. The molecule has 0 amide bonds. The number of nitrogens with zero attached hydrogens (tertiary/aromatic N) is 1. The lowest BCUT2D eigenvalue weighted by Crippen LogP contribution is -2.33. The van der Waals surface area contributed by atoms with Gasteiger partial charge in [0.1, 0.15) is 11.5 Å². The minimum Gasteiger partial charge on any atom is -0.508 e. The first-order chi connectivity index (χ1) is 9.06. The lowest BCUT2D eigenvalue weighted by atomic mass is 10.1. The molecule has 0 saturated heterocycles. The molecule has 0 aliphatic carbocycles. The van der Waals surface area contributed by atoms with Gasteiger partial charge >= 0.3 is 0 Å². The minimum atomic E-state index is -0.741. The predicted octanol–water partition coefficient (Wildman–Crippen LogP) is 1.06. The van der Waals surface area contributed by atoms with E-state index in [1.807, 2.05) is 0 Å². The van der Waals surface area contributed by atoms with Crippen LogP contribution in [-0.2, 0) is 0 Å². The number of nitrogens with one attached hydrogen (secondary N) is 1. The number of rotatable bonds is 8. The van der Waals surface area contributed by atoms with Crippen molar-refractivity contribution in [3.05, 3.63) is 23.8 Å². The molecule has 1 unspecified atom stereocenters. The van der Waals surface area contributed by atoms with Gasteiger partial charge in [0.2, 0.25) is 0 Å². The summed E-state index contributed by atoms with van der Waals surface area (Å²) < 4.78 is 0. The van der Waals surface area contributed by atoms with Crippen molar-refractivity contribution < 1.29 is 15.3 Å². The number of aromatic hydroxyl groups is 2. The molecule has 0 radical (unpaired) electrons. The Morgan fingerprint density at radius 2 is 1.68 bits per heavy atom. The van der Waals surface area contributed by atoms with Crippen LogP contribution in [0.25, 0.3) is 0 Å². The number of aliphatic hydroxyl groups excluding tert-OH is 1. The van der Waals surface area contributed by atoms with E-state index >= 15 is 0 Å². The molecule has 4 N–H and O–H groups in total. The Balaban J connectivity index is 2.36. The second-order valence-corrected chi connectivity index (χ2v) is 4.53. The maximum atomic E-state index is 9.95. The van der Waals surface area contributed by atoms with E-state index < -0.39 is 6.10 Å². The Labute approximate surface area is 114 Å². The molecule has 0 spiro atoms. The zero-order chi connectivity index (χ0) is 14.3. The van der Waals surface area contributed by atoms with Gasteiger partial charge in [-0.05, 0) is 30.8 Å². The third-order valence-corrected chi connectivity index (χ3v) is 3.15. The molecule has 19 heavy (non-hydrogen) atoms. The highest BCUT2D eigenvalue weighted by Gasteiger charge is 2.09. The molecule has 0 saturated carbocycles. The Morgan fingerprint density at radius 3 is 2.21 bits per heavy atom. The van der Waals surface area contributed by atoms with E-state index in [2.05, 4.69) is 24.1 Å². The monoisotopic (exact) mass is 268 g/mol. The van der Waals surface area contributed by atoms with Crippen LogP contribution in [0, 0.1) is 0 Å². The molecule has 0 bridgehead atoms. The predicted molar refractivity (Wildman–Crippen MR) is 75.4 cm³/mol. The van der Waals surface area contributed by atoms with E-state index in [1.165, 1.54) is 18.2 Å². The standard InChI is InChI=1S/C14H24N2O3/c1-3-16(4-2)6-5-15-10-14(19)11-7-12(17)9-13(18)8-11/h7-9,14-15,17-19H,3-6,10H2,1-2H3. The third kappa shape index (κ3) is 5.46. The van der Waals surface area contributed by atoms with Crippen LogP contribution in [0.5, 0.6) is 11.5 Å². The van der Waals surface area contributed by atoms with Crippen LogP contribution in [0.4, 0.5) is 0 Å². The fraction of sp³-hybridized carbons (Fsp3) is 0.571. The summed E-state index contributed by atoms with van der Waals surface area (Å²) in [6.45, 7) is 8.39. The zero-order valence-electron chi connectivity index (χ0n) is 11.6. The molecule has 1 aromatic rings. The number of hydrogen-bond acceptors (Lipinski definition) is 5. The molecule has 0 aromatic heterocycles. The molecule has 1 rings (SSSR count). The summed E-state index contributed by atoms with van der Waals surface area (Å²) in [6, 6.07) is 4.15. The molecule has 1 atom stereocenters. The fourth-order valence-electron chi connectivity index (χ4n) is 1.94. The van der Waals surface area contributed by atoms with Gasteiger partial charge in [-0.25, -0.2) is 0 Å². The summed E-state index contributed by atoms with van der Waals surface area (Å²) in [5.74, 6) is -0.0885. The molecular formula is C14H24N2O3. The van der Waals surface area contributed by atoms with Crippen LogP contribution >= 0.6 is 0 Å². The smallest absolute Gasteiger partial charge is 0.119 e. The van der Waals surface area contributed by atoms with E-state index in [4.69, 9.17) is 0 Å². The number of phenols is 2. The van der Waals surface area contributed by atoms with Gasteiger partial charge in [-0.15, -0.1) is 0 Å². The Kier molecular flexibility index (Phi) is 6.62. The molecule has 108 valence electrons. The van der Waals surface area contributed by atoms with E-state index in [0.717, 1.165) is 26.2 Å². The molecule has 0 fully saturated rings. The van der Waals surface area contributed by atoms with Gasteiger partial charge in [-0.1, -0.05) is 13.8 Å². The number of phenolic OH excluding ortho intramolecular Hbond substituents is 2. The van der Waals surface area contributed by atoms with Crippen molar-refractivity contribution in [2.75, 3.05) is 32.7 Å². The first-order valence-electron chi connectivity index (χ1n) is 6.70. The Morgan fingerprint density at radius 1 is 1.11 bits per heavy atom. The summed E-state index contributed by atoms with van der Waals surface area (Å²) in [5, 5.41) is 31.8. The molecular weight excluding hydrogens is 244 g/mol. The number of benzene rings is 1. The van der Waals surface area contributed by atoms with Gasteiger partial charge in [0.05, 0.1) is 6.10 Å². The van der Waals surface area contributed by atoms with Crippen molar-refractivity contribution in [1.29, 1.82) is 0 Å². The second-order valence-electron chi connectivity index (χ2n) is 4.53. The van der Waals surface area contributed by atoms with Gasteiger partial charge in [0.25, 0.3) is 0 Å². The molecule has 5 heteroatoms. The SMILES string of the molecule is CCN(CC)CCNCC(O)c1cc(O)cc(O)c1. The summed E-state index contributed by atoms with van der Waals surface area (Å²) >= 11 is 0. The number of likely N-dealkylation sites (N-methyl/N-ethyl adjacent to an activating group) is 1.